The topological polar surface area (TPSA) is 62.1 Å². The van der Waals surface area contributed by atoms with Crippen molar-refractivity contribution in [1.82, 2.24) is 5.32 Å². The maximum absolute atomic E-state index is 11.8. The van der Waals surface area contributed by atoms with Crippen LogP contribution in [-0.4, -0.2) is 25.4 Å². The highest BCUT2D eigenvalue weighted by Crippen LogP contribution is 1.99. The maximum atomic E-state index is 11.8. The van der Waals surface area contributed by atoms with E-state index >= 15 is 0 Å². The zero-order chi connectivity index (χ0) is 11.8. The van der Waals surface area contributed by atoms with Crippen molar-refractivity contribution in [1.29, 1.82) is 5.26 Å². The van der Waals surface area contributed by atoms with Gasteiger partial charge in [-0.2, -0.15) is 5.26 Å². The number of ether oxygens (including phenoxy) is 1. The lowest BCUT2D eigenvalue weighted by Crippen LogP contribution is -2.36. The predicted molar refractivity (Wildman–Crippen MR) is 55.2 cm³/mol. The van der Waals surface area contributed by atoms with E-state index in [-0.39, 0.29) is 6.61 Å². The molecule has 1 aromatic rings. The van der Waals surface area contributed by atoms with Gasteiger partial charge in [-0.3, -0.25) is 4.79 Å². The van der Waals surface area contributed by atoms with Crippen molar-refractivity contribution in [3.05, 3.63) is 35.9 Å². The van der Waals surface area contributed by atoms with Gasteiger partial charge in [0, 0.05) is 5.56 Å². The number of rotatable bonds is 5. The van der Waals surface area contributed by atoms with Crippen LogP contribution in [0.1, 0.15) is 10.4 Å². The van der Waals surface area contributed by atoms with Gasteiger partial charge in [0.05, 0.1) is 6.61 Å². The van der Waals surface area contributed by atoms with Crippen LogP contribution in [0.5, 0.6) is 0 Å². The predicted octanol–water partition coefficient (Wildman–Crippen LogP) is 1.25. The Morgan fingerprint density at radius 3 is 2.75 bits per heavy atom. The smallest absolute Gasteiger partial charge is 0.254 e. The number of nitrogens with zero attached hydrogens (tertiary/aromatic N) is 1. The number of halogens is 1. The average Bonchev–Trinajstić information content (AvgIpc) is 2.35. The second-order valence-corrected chi connectivity index (χ2v) is 2.91. The highest BCUT2D eigenvalue weighted by atomic mass is 19.1. The Kier molecular flexibility index (Phi) is 4.96. The van der Waals surface area contributed by atoms with Crippen molar-refractivity contribution in [2.45, 2.75) is 6.23 Å². The minimum Gasteiger partial charge on any atom is -0.343 e. The summed E-state index contributed by atoms with van der Waals surface area (Å²) in [5.74, 6) is -0.425. The van der Waals surface area contributed by atoms with E-state index in [1.807, 2.05) is 0 Å². The quantitative estimate of drug-likeness (QED) is 0.763. The number of benzene rings is 1. The molecule has 0 heterocycles. The van der Waals surface area contributed by atoms with Gasteiger partial charge in [-0.25, -0.2) is 4.39 Å². The summed E-state index contributed by atoms with van der Waals surface area (Å²) in [7, 11) is 0. The molecule has 84 valence electrons. The van der Waals surface area contributed by atoms with Crippen LogP contribution in [0.2, 0.25) is 0 Å². The number of hydrogen-bond donors (Lipinski definition) is 1. The molecule has 0 aliphatic heterocycles. The summed E-state index contributed by atoms with van der Waals surface area (Å²) < 4.78 is 16.6. The van der Waals surface area contributed by atoms with E-state index in [1.165, 1.54) is 0 Å². The van der Waals surface area contributed by atoms with Crippen molar-refractivity contribution < 1.29 is 13.9 Å². The standard InChI is InChI=1S/C11H11FN2O2/c12-6-7-16-10(8-13)14-11(15)9-4-2-1-3-5-9/h1-5,10H,6-7H2,(H,14,15). The van der Waals surface area contributed by atoms with Crippen molar-refractivity contribution in [3.63, 3.8) is 0 Å². The molecule has 0 bridgehead atoms. The number of hydrogen-bond acceptors (Lipinski definition) is 3. The number of carbonyl (C=O) groups excluding carboxylic acids is 1. The van der Waals surface area contributed by atoms with Crippen molar-refractivity contribution in [2.24, 2.45) is 0 Å². The molecule has 0 aliphatic rings. The summed E-state index contributed by atoms with van der Waals surface area (Å²) in [6, 6.07) is 10.1. The number of amides is 1. The zero-order valence-electron chi connectivity index (χ0n) is 8.52. The summed E-state index contributed by atoms with van der Waals surface area (Å²) in [6.07, 6.45) is -1.12. The van der Waals surface area contributed by atoms with Gasteiger partial charge in [0.1, 0.15) is 12.7 Å². The molecule has 1 N–H and O–H groups in total. The second-order valence-electron chi connectivity index (χ2n) is 2.91. The molecule has 1 rings (SSSR count). The van der Waals surface area contributed by atoms with Crippen LogP contribution in [0.15, 0.2) is 30.3 Å². The van der Waals surface area contributed by atoms with E-state index in [1.54, 1.807) is 36.4 Å². The maximum Gasteiger partial charge on any atom is 0.254 e. The minimum atomic E-state index is -1.12. The third kappa shape index (κ3) is 3.67. The van der Waals surface area contributed by atoms with Crippen LogP contribution < -0.4 is 5.32 Å². The average molecular weight is 222 g/mol. The molecule has 16 heavy (non-hydrogen) atoms. The molecule has 0 spiro atoms. The lowest BCUT2D eigenvalue weighted by Gasteiger charge is -2.11. The fourth-order valence-corrected chi connectivity index (χ4v) is 1.07. The second kappa shape index (κ2) is 6.53. The molecule has 4 nitrogen and oxygen atoms in total. The van der Waals surface area contributed by atoms with Crippen molar-refractivity contribution in [2.75, 3.05) is 13.3 Å². The van der Waals surface area contributed by atoms with E-state index in [4.69, 9.17) is 10.00 Å². The molecule has 0 saturated heterocycles. The number of nitriles is 1. The van der Waals surface area contributed by atoms with E-state index in [2.05, 4.69) is 5.32 Å². The molecule has 0 aliphatic carbocycles. The van der Waals surface area contributed by atoms with Crippen LogP contribution in [0, 0.1) is 11.3 Å². The number of nitrogens with one attached hydrogen (secondary N) is 1. The van der Waals surface area contributed by atoms with Gasteiger partial charge in [-0.1, -0.05) is 18.2 Å². The van der Waals surface area contributed by atoms with E-state index in [0.717, 1.165) is 0 Å². The van der Waals surface area contributed by atoms with Crippen LogP contribution >= 0.6 is 0 Å². The molecular formula is C11H11FN2O2. The first-order valence-corrected chi connectivity index (χ1v) is 4.71. The summed E-state index contributed by atoms with van der Waals surface area (Å²) in [5.41, 5.74) is 0.423. The van der Waals surface area contributed by atoms with Crippen LogP contribution in [-0.2, 0) is 4.74 Å². The first-order valence-electron chi connectivity index (χ1n) is 4.71. The number of carbonyl (C=O) groups is 1. The molecule has 1 atom stereocenters. The lowest BCUT2D eigenvalue weighted by molar-refractivity contribution is 0.0497. The normalized spacial score (nSPS) is 11.5. The van der Waals surface area contributed by atoms with Gasteiger partial charge in [-0.05, 0) is 12.1 Å². The lowest BCUT2D eigenvalue weighted by atomic mass is 10.2. The summed E-state index contributed by atoms with van der Waals surface area (Å²) >= 11 is 0. The molecule has 0 fully saturated rings. The summed E-state index contributed by atoms with van der Waals surface area (Å²) in [4.78, 5) is 11.5. The fraction of sp³-hybridized carbons (Fsp3) is 0.273. The first-order chi connectivity index (χ1) is 7.77. The molecule has 1 unspecified atom stereocenters. The van der Waals surface area contributed by atoms with E-state index in [9.17, 15) is 9.18 Å². The van der Waals surface area contributed by atoms with Gasteiger partial charge < -0.3 is 10.1 Å². The van der Waals surface area contributed by atoms with E-state index < -0.39 is 18.8 Å². The Labute approximate surface area is 92.6 Å². The Hall–Kier alpha value is -1.93. The number of alkyl halides is 1. The summed E-state index contributed by atoms with van der Waals surface area (Å²) in [5, 5.41) is 11.0. The molecule has 1 amide bonds. The third-order valence-corrected chi connectivity index (χ3v) is 1.78. The van der Waals surface area contributed by atoms with Crippen molar-refractivity contribution in [3.8, 4) is 6.07 Å². The van der Waals surface area contributed by atoms with Gasteiger partial charge in [0.15, 0.2) is 0 Å². The first kappa shape index (κ1) is 12.1. The molecule has 1 aromatic carbocycles. The van der Waals surface area contributed by atoms with Crippen LogP contribution in [0.4, 0.5) is 4.39 Å². The fourth-order valence-electron chi connectivity index (χ4n) is 1.07. The van der Waals surface area contributed by atoms with Gasteiger partial charge >= 0.3 is 0 Å². The SMILES string of the molecule is N#CC(NC(=O)c1ccccc1)OCCF. The molecular weight excluding hydrogens is 211 g/mol. The Bertz CT molecular complexity index is 375. The Morgan fingerprint density at radius 2 is 2.19 bits per heavy atom. The molecule has 5 heteroatoms. The largest absolute Gasteiger partial charge is 0.343 e. The van der Waals surface area contributed by atoms with Gasteiger partial charge in [0.25, 0.3) is 5.91 Å². The highest BCUT2D eigenvalue weighted by molar-refractivity contribution is 5.94. The summed E-state index contributed by atoms with van der Waals surface area (Å²) in [6.45, 7) is -0.910. The third-order valence-electron chi connectivity index (χ3n) is 1.78. The van der Waals surface area contributed by atoms with Crippen molar-refractivity contribution >= 4 is 5.91 Å². The molecule has 0 radical (unpaired) electrons. The zero-order valence-corrected chi connectivity index (χ0v) is 8.52. The van der Waals surface area contributed by atoms with E-state index in [0.29, 0.717) is 5.56 Å². The monoisotopic (exact) mass is 222 g/mol. The van der Waals surface area contributed by atoms with Crippen LogP contribution in [0.25, 0.3) is 0 Å². The van der Waals surface area contributed by atoms with Gasteiger partial charge in [-0.15, -0.1) is 0 Å². The van der Waals surface area contributed by atoms with Gasteiger partial charge in [0.2, 0.25) is 6.23 Å². The van der Waals surface area contributed by atoms with Crippen LogP contribution in [0.3, 0.4) is 0 Å². The molecule has 0 aromatic heterocycles. The Balaban J connectivity index is 2.53. The highest BCUT2D eigenvalue weighted by Gasteiger charge is 2.12. The minimum absolute atomic E-state index is 0.215. The Morgan fingerprint density at radius 1 is 1.50 bits per heavy atom. The molecule has 0 saturated carbocycles.